The number of nitrogens with one attached hydrogen (secondary N) is 1. The van der Waals surface area contributed by atoms with Crippen molar-refractivity contribution in [2.75, 3.05) is 40.9 Å². The van der Waals surface area contributed by atoms with Gasteiger partial charge in [-0.2, -0.15) is 0 Å². The van der Waals surface area contributed by atoms with E-state index in [-0.39, 0.29) is 19.1 Å². The number of hydrogen-bond acceptors (Lipinski definition) is 6. The van der Waals surface area contributed by atoms with Gasteiger partial charge in [0, 0.05) is 6.42 Å². The second kappa shape index (κ2) is 47.3. The molecule has 0 fully saturated rings. The third kappa shape index (κ3) is 49.2. The molecule has 0 rings (SSSR count). The maximum absolute atomic E-state index is 12.9. The first-order valence-electron chi connectivity index (χ1n) is 28.0. The highest BCUT2D eigenvalue weighted by atomic mass is 31.2. The van der Waals surface area contributed by atoms with Gasteiger partial charge in [0.05, 0.1) is 39.9 Å². The van der Waals surface area contributed by atoms with E-state index >= 15 is 0 Å². The van der Waals surface area contributed by atoms with Crippen LogP contribution in [-0.2, 0) is 18.4 Å². The Morgan fingerprint density at radius 3 is 1.22 bits per heavy atom. The molecule has 0 aromatic rings. The lowest BCUT2D eigenvalue weighted by atomic mass is 10.0. The van der Waals surface area contributed by atoms with E-state index in [2.05, 4.69) is 31.3 Å². The standard InChI is InChI=1S/C55H111N2O6P/c1-6-8-10-12-14-16-18-20-22-24-25-26-27-28-29-30-31-32-33-34-36-38-40-42-44-46-48-54(58)53(52-63-64(60,61)62-51-50-57(3,4)5)56-55(59)49-47-45-43-41-39-37-35-23-21-19-17-15-13-11-9-7-2/h23,35,53-54,58H,6-22,24-34,36-52H2,1-5H3,(H-,56,59,60,61)/b35-23-. The number of carbonyl (C=O) groups is 1. The fraction of sp³-hybridized carbons (Fsp3) is 0.945. The number of rotatable bonds is 52. The number of carbonyl (C=O) groups excluding carboxylic acids is 1. The molecule has 2 N–H and O–H groups in total. The number of quaternary nitrogens is 1. The lowest BCUT2D eigenvalue weighted by Crippen LogP contribution is -2.46. The fourth-order valence-corrected chi connectivity index (χ4v) is 9.29. The lowest BCUT2D eigenvalue weighted by Gasteiger charge is -2.30. The Bertz CT molecular complexity index is 1050. The molecule has 0 aromatic heterocycles. The minimum atomic E-state index is -4.57. The van der Waals surface area contributed by atoms with Gasteiger partial charge in [0.2, 0.25) is 5.91 Å². The normalized spacial score (nSPS) is 14.0. The van der Waals surface area contributed by atoms with E-state index in [0.717, 1.165) is 51.4 Å². The van der Waals surface area contributed by atoms with Crippen molar-refractivity contribution in [2.24, 2.45) is 0 Å². The molecule has 0 aliphatic carbocycles. The van der Waals surface area contributed by atoms with E-state index in [1.807, 2.05) is 21.1 Å². The zero-order valence-corrected chi connectivity index (χ0v) is 44.4. The molecule has 3 unspecified atom stereocenters. The van der Waals surface area contributed by atoms with Crippen LogP contribution in [-0.4, -0.2) is 68.5 Å². The van der Waals surface area contributed by atoms with Gasteiger partial charge in [-0.25, -0.2) is 0 Å². The van der Waals surface area contributed by atoms with Crippen molar-refractivity contribution < 1.29 is 32.9 Å². The molecule has 382 valence electrons. The molecule has 0 saturated carbocycles. The summed E-state index contributed by atoms with van der Waals surface area (Å²) >= 11 is 0. The van der Waals surface area contributed by atoms with Crippen LogP contribution in [0.5, 0.6) is 0 Å². The zero-order valence-electron chi connectivity index (χ0n) is 43.5. The smallest absolute Gasteiger partial charge is 0.268 e. The molecule has 9 heteroatoms. The van der Waals surface area contributed by atoms with Crippen molar-refractivity contribution >= 4 is 13.7 Å². The SMILES string of the molecule is CCCCCCCCC/C=C\CCCCCCCC(=O)NC(COP(=O)([O-])OCC[N+](C)(C)C)C(O)CCCCCCCCCCCCCCCCCCCCCCCCCCCC. The third-order valence-electron chi connectivity index (χ3n) is 13.0. The Hall–Kier alpha value is -0.760. The second-order valence-corrected chi connectivity index (χ2v) is 22.1. The Kier molecular flexibility index (Phi) is 46.8. The van der Waals surface area contributed by atoms with Gasteiger partial charge in [0.1, 0.15) is 13.2 Å². The van der Waals surface area contributed by atoms with Crippen molar-refractivity contribution in [2.45, 2.75) is 296 Å². The number of hydrogen-bond donors (Lipinski definition) is 2. The van der Waals surface area contributed by atoms with Crippen molar-refractivity contribution in [3.63, 3.8) is 0 Å². The minimum absolute atomic E-state index is 0.0129. The highest BCUT2D eigenvalue weighted by molar-refractivity contribution is 7.45. The van der Waals surface area contributed by atoms with Crippen LogP contribution in [0.1, 0.15) is 284 Å². The van der Waals surface area contributed by atoms with Crippen LogP contribution < -0.4 is 10.2 Å². The molecule has 8 nitrogen and oxygen atoms in total. The number of allylic oxidation sites excluding steroid dienone is 2. The van der Waals surface area contributed by atoms with E-state index in [4.69, 9.17) is 9.05 Å². The van der Waals surface area contributed by atoms with Crippen molar-refractivity contribution in [3.8, 4) is 0 Å². The first kappa shape index (κ1) is 63.2. The molecule has 1 amide bonds. The molecule has 64 heavy (non-hydrogen) atoms. The molecule has 0 radical (unpaired) electrons. The van der Waals surface area contributed by atoms with Crippen LogP contribution in [0.15, 0.2) is 12.2 Å². The molecule has 0 aliphatic rings. The van der Waals surface area contributed by atoms with E-state index in [1.54, 1.807) is 0 Å². The second-order valence-electron chi connectivity index (χ2n) is 20.6. The molecule has 3 atom stereocenters. The first-order valence-corrected chi connectivity index (χ1v) is 29.5. The number of likely N-dealkylation sites (N-methyl/N-ethyl adjacent to an activating group) is 1. The molecule has 0 aliphatic heterocycles. The van der Waals surface area contributed by atoms with Gasteiger partial charge in [0.15, 0.2) is 0 Å². The van der Waals surface area contributed by atoms with Crippen LogP contribution >= 0.6 is 7.82 Å². The predicted octanol–water partition coefficient (Wildman–Crippen LogP) is 16.0. The van der Waals surface area contributed by atoms with Crippen LogP contribution in [0, 0.1) is 0 Å². The molecule has 0 saturated heterocycles. The number of aliphatic hydroxyl groups excluding tert-OH is 1. The monoisotopic (exact) mass is 927 g/mol. The van der Waals surface area contributed by atoms with Crippen LogP contribution in [0.4, 0.5) is 0 Å². The number of phosphoric ester groups is 1. The summed E-state index contributed by atoms with van der Waals surface area (Å²) in [6.07, 6.45) is 56.7. The van der Waals surface area contributed by atoms with Crippen LogP contribution in [0.25, 0.3) is 0 Å². The zero-order chi connectivity index (χ0) is 47.1. The largest absolute Gasteiger partial charge is 0.756 e. The van der Waals surface area contributed by atoms with Crippen molar-refractivity contribution in [1.82, 2.24) is 5.32 Å². The molecule has 0 bridgehead atoms. The van der Waals surface area contributed by atoms with Crippen LogP contribution in [0.3, 0.4) is 0 Å². The average molecular weight is 927 g/mol. The van der Waals surface area contributed by atoms with E-state index in [9.17, 15) is 19.4 Å². The first-order chi connectivity index (χ1) is 31.0. The van der Waals surface area contributed by atoms with E-state index < -0.39 is 20.0 Å². The molecule has 0 spiro atoms. The minimum Gasteiger partial charge on any atom is -0.756 e. The van der Waals surface area contributed by atoms with Crippen LogP contribution in [0.2, 0.25) is 0 Å². The summed E-state index contributed by atoms with van der Waals surface area (Å²) in [5, 5.41) is 14.0. The maximum atomic E-state index is 12.9. The maximum Gasteiger partial charge on any atom is 0.268 e. The Labute approximate surface area is 399 Å². The third-order valence-corrected chi connectivity index (χ3v) is 14.0. The van der Waals surface area contributed by atoms with Gasteiger partial charge in [-0.3, -0.25) is 9.36 Å². The van der Waals surface area contributed by atoms with Gasteiger partial charge >= 0.3 is 0 Å². The average Bonchev–Trinajstić information content (AvgIpc) is 3.25. The quantitative estimate of drug-likeness (QED) is 0.0272. The summed E-state index contributed by atoms with van der Waals surface area (Å²) in [4.78, 5) is 25.5. The fourth-order valence-electron chi connectivity index (χ4n) is 8.57. The number of aliphatic hydroxyl groups is 1. The predicted molar refractivity (Wildman–Crippen MR) is 275 cm³/mol. The Balaban J connectivity index is 4.13. The summed E-state index contributed by atoms with van der Waals surface area (Å²) in [7, 11) is 1.31. The number of unbranched alkanes of at least 4 members (excludes halogenated alkanes) is 37. The Morgan fingerprint density at radius 2 is 0.859 bits per heavy atom. The molecular weight excluding hydrogens is 816 g/mol. The van der Waals surface area contributed by atoms with E-state index in [1.165, 1.54) is 205 Å². The molecule has 0 aromatic carbocycles. The number of phosphoric acid groups is 1. The summed E-state index contributed by atoms with van der Waals surface area (Å²) in [6, 6.07) is -0.802. The summed E-state index contributed by atoms with van der Waals surface area (Å²) < 4.78 is 23.4. The summed E-state index contributed by atoms with van der Waals surface area (Å²) in [5.41, 5.74) is 0. The lowest BCUT2D eigenvalue weighted by molar-refractivity contribution is -0.870. The van der Waals surface area contributed by atoms with Gasteiger partial charge in [-0.15, -0.1) is 0 Å². The van der Waals surface area contributed by atoms with Gasteiger partial charge in [-0.1, -0.05) is 251 Å². The topological polar surface area (TPSA) is 108 Å². The van der Waals surface area contributed by atoms with Gasteiger partial charge in [0.25, 0.3) is 7.82 Å². The molecular formula is C55H111N2O6P. The molecule has 0 heterocycles. The highest BCUT2D eigenvalue weighted by Crippen LogP contribution is 2.38. The summed E-state index contributed by atoms with van der Waals surface area (Å²) in [5.74, 6) is -0.169. The van der Waals surface area contributed by atoms with E-state index in [0.29, 0.717) is 23.9 Å². The Morgan fingerprint density at radius 1 is 0.531 bits per heavy atom. The highest BCUT2D eigenvalue weighted by Gasteiger charge is 2.24. The number of nitrogens with zero attached hydrogens (tertiary/aromatic N) is 1. The van der Waals surface area contributed by atoms with Gasteiger partial charge < -0.3 is 28.8 Å². The van der Waals surface area contributed by atoms with Crippen molar-refractivity contribution in [3.05, 3.63) is 12.2 Å². The summed E-state index contributed by atoms with van der Waals surface area (Å²) in [6.45, 7) is 4.75. The van der Waals surface area contributed by atoms with Gasteiger partial charge in [-0.05, 0) is 38.5 Å². The number of amides is 1. The van der Waals surface area contributed by atoms with Crippen molar-refractivity contribution in [1.29, 1.82) is 0 Å².